The van der Waals surface area contributed by atoms with E-state index in [1.165, 1.54) is 11.3 Å². The third-order valence-electron chi connectivity index (χ3n) is 3.19. The average Bonchev–Trinajstić information content (AvgIpc) is 2.65. The van der Waals surface area contributed by atoms with E-state index in [4.69, 9.17) is 4.74 Å². The molecule has 21 heavy (non-hydrogen) atoms. The zero-order valence-corrected chi connectivity index (χ0v) is 14.3. The Morgan fingerprint density at radius 2 is 1.71 bits per heavy atom. The summed E-state index contributed by atoms with van der Waals surface area (Å²) < 4.78 is 32.9. The van der Waals surface area contributed by atoms with E-state index >= 15 is 0 Å². The Kier molecular flexibility index (Phi) is 4.25. The van der Waals surface area contributed by atoms with Gasteiger partial charge in [-0.3, -0.25) is 4.72 Å². The molecule has 0 aliphatic carbocycles. The Morgan fingerprint density at radius 1 is 1.14 bits per heavy atom. The van der Waals surface area contributed by atoms with Crippen LogP contribution >= 0.6 is 11.3 Å². The van der Waals surface area contributed by atoms with E-state index in [0.29, 0.717) is 22.0 Å². The van der Waals surface area contributed by atoms with Gasteiger partial charge in [-0.25, -0.2) is 13.4 Å². The van der Waals surface area contributed by atoms with Gasteiger partial charge in [-0.1, -0.05) is 0 Å². The van der Waals surface area contributed by atoms with Gasteiger partial charge >= 0.3 is 0 Å². The van der Waals surface area contributed by atoms with Gasteiger partial charge in [0.25, 0.3) is 10.0 Å². The van der Waals surface area contributed by atoms with E-state index < -0.39 is 10.0 Å². The van der Waals surface area contributed by atoms with Gasteiger partial charge in [-0.2, -0.15) is 0 Å². The van der Waals surface area contributed by atoms with Crippen LogP contribution in [0.25, 0.3) is 0 Å². The second-order valence-electron chi connectivity index (χ2n) is 4.86. The normalized spacial score (nSPS) is 11.5. The Labute approximate surface area is 129 Å². The molecule has 7 heteroatoms. The third-order valence-corrected chi connectivity index (χ3v) is 5.95. The monoisotopic (exact) mass is 326 g/mol. The molecule has 1 N–H and O–H groups in total. The molecule has 0 saturated heterocycles. The topological polar surface area (TPSA) is 68.3 Å². The number of hydrogen-bond donors (Lipinski definition) is 1. The first-order valence-corrected chi connectivity index (χ1v) is 8.66. The lowest BCUT2D eigenvalue weighted by molar-refractivity contribution is 0.413. The second-order valence-corrected chi connectivity index (χ2v) is 7.68. The highest BCUT2D eigenvalue weighted by molar-refractivity contribution is 7.93. The highest BCUT2D eigenvalue weighted by atomic mass is 32.2. The number of rotatable bonds is 4. The quantitative estimate of drug-likeness (QED) is 0.937. The van der Waals surface area contributed by atoms with Crippen LogP contribution < -0.4 is 9.46 Å². The fourth-order valence-electron chi connectivity index (χ4n) is 2.13. The summed E-state index contributed by atoms with van der Waals surface area (Å²) in [6.45, 7) is 7.27. The van der Waals surface area contributed by atoms with Crippen LogP contribution in [0.1, 0.15) is 21.7 Å². The maximum atomic E-state index is 12.6. The van der Waals surface area contributed by atoms with E-state index in [1.54, 1.807) is 33.1 Å². The summed E-state index contributed by atoms with van der Waals surface area (Å²) in [6, 6.07) is 3.42. The number of nitrogens with one attached hydrogen (secondary N) is 1. The maximum Gasteiger partial charge on any atom is 0.264 e. The van der Waals surface area contributed by atoms with Crippen LogP contribution in [0, 0.1) is 27.7 Å². The van der Waals surface area contributed by atoms with Gasteiger partial charge in [0, 0.05) is 4.88 Å². The Hall–Kier alpha value is -1.60. The lowest BCUT2D eigenvalue weighted by atomic mass is 10.1. The van der Waals surface area contributed by atoms with Crippen molar-refractivity contribution in [3.63, 3.8) is 0 Å². The third kappa shape index (κ3) is 3.19. The molecule has 0 spiro atoms. The minimum Gasteiger partial charge on any atom is -0.497 e. The standard InChI is InChI=1S/C14H18N2O3S2/c1-8-6-12(19-5)7-9(2)13(8)21(17,18)16-14-15-10(3)11(4)20-14/h6-7H,1-5H3,(H,15,16). The molecule has 1 aromatic heterocycles. The summed E-state index contributed by atoms with van der Waals surface area (Å²) in [5, 5.41) is 0.389. The van der Waals surface area contributed by atoms with Crippen molar-refractivity contribution in [2.45, 2.75) is 32.6 Å². The summed E-state index contributed by atoms with van der Waals surface area (Å²) in [4.78, 5) is 5.49. The van der Waals surface area contributed by atoms with E-state index in [9.17, 15) is 8.42 Å². The molecule has 2 aromatic rings. The van der Waals surface area contributed by atoms with Crippen molar-refractivity contribution in [1.82, 2.24) is 4.98 Å². The molecule has 0 radical (unpaired) electrons. The van der Waals surface area contributed by atoms with E-state index in [-0.39, 0.29) is 4.90 Å². The smallest absolute Gasteiger partial charge is 0.264 e. The second kappa shape index (κ2) is 5.65. The minimum atomic E-state index is -3.66. The molecule has 0 bridgehead atoms. The zero-order valence-electron chi connectivity index (χ0n) is 12.6. The number of aromatic nitrogens is 1. The SMILES string of the molecule is COc1cc(C)c(S(=O)(=O)Nc2nc(C)c(C)s2)c(C)c1. The summed E-state index contributed by atoms with van der Waals surface area (Å²) >= 11 is 1.33. The van der Waals surface area contributed by atoms with Crippen molar-refractivity contribution in [1.29, 1.82) is 0 Å². The fourth-order valence-corrected chi connectivity index (χ4v) is 4.64. The number of anilines is 1. The summed E-state index contributed by atoms with van der Waals surface area (Å²) in [5.41, 5.74) is 2.12. The number of hydrogen-bond acceptors (Lipinski definition) is 5. The Morgan fingerprint density at radius 3 is 2.14 bits per heavy atom. The average molecular weight is 326 g/mol. The van der Waals surface area contributed by atoms with E-state index in [1.807, 2.05) is 13.8 Å². The largest absolute Gasteiger partial charge is 0.497 e. The Bertz CT molecular complexity index is 737. The molecule has 0 aliphatic rings. The first-order valence-electron chi connectivity index (χ1n) is 6.36. The van der Waals surface area contributed by atoms with Crippen LogP contribution in [0.5, 0.6) is 5.75 Å². The van der Waals surface area contributed by atoms with Crippen LogP contribution in [-0.4, -0.2) is 20.5 Å². The van der Waals surface area contributed by atoms with Crippen molar-refractivity contribution in [2.24, 2.45) is 0 Å². The number of aryl methyl sites for hydroxylation is 4. The van der Waals surface area contributed by atoms with Crippen LogP contribution in [-0.2, 0) is 10.0 Å². The maximum absolute atomic E-state index is 12.6. The number of methoxy groups -OCH3 is 1. The molecule has 0 aliphatic heterocycles. The number of benzene rings is 1. The summed E-state index contributed by atoms with van der Waals surface area (Å²) in [5.74, 6) is 0.643. The predicted molar refractivity (Wildman–Crippen MR) is 84.9 cm³/mol. The van der Waals surface area contributed by atoms with Gasteiger partial charge in [0.05, 0.1) is 17.7 Å². The van der Waals surface area contributed by atoms with Gasteiger partial charge < -0.3 is 4.74 Å². The van der Waals surface area contributed by atoms with Crippen molar-refractivity contribution < 1.29 is 13.2 Å². The van der Waals surface area contributed by atoms with Crippen LogP contribution in [0.4, 0.5) is 5.13 Å². The molecule has 0 atom stereocenters. The molecule has 114 valence electrons. The van der Waals surface area contributed by atoms with Gasteiger partial charge in [-0.15, -0.1) is 11.3 Å². The summed E-state index contributed by atoms with van der Waals surface area (Å²) in [6.07, 6.45) is 0. The van der Waals surface area contributed by atoms with Gasteiger partial charge in [0.2, 0.25) is 0 Å². The van der Waals surface area contributed by atoms with Crippen LogP contribution in [0.2, 0.25) is 0 Å². The zero-order chi connectivity index (χ0) is 15.8. The van der Waals surface area contributed by atoms with Crippen molar-refractivity contribution in [3.8, 4) is 5.75 Å². The molecular weight excluding hydrogens is 308 g/mol. The van der Waals surface area contributed by atoms with Crippen LogP contribution in [0.3, 0.4) is 0 Å². The highest BCUT2D eigenvalue weighted by Crippen LogP contribution is 2.29. The molecule has 1 aromatic carbocycles. The van der Waals surface area contributed by atoms with Crippen LogP contribution in [0.15, 0.2) is 17.0 Å². The molecule has 0 saturated carbocycles. The molecule has 0 unspecified atom stereocenters. The van der Waals surface area contributed by atoms with Crippen molar-refractivity contribution in [2.75, 3.05) is 11.8 Å². The molecule has 1 heterocycles. The molecule has 0 fully saturated rings. The molecular formula is C14H18N2O3S2. The molecule has 2 rings (SSSR count). The number of ether oxygens (including phenoxy) is 1. The van der Waals surface area contributed by atoms with Gasteiger partial charge in [0.1, 0.15) is 5.75 Å². The number of nitrogens with zero attached hydrogens (tertiary/aromatic N) is 1. The van der Waals surface area contributed by atoms with Gasteiger partial charge in [-0.05, 0) is 51.0 Å². The van der Waals surface area contributed by atoms with E-state index in [0.717, 1.165) is 10.6 Å². The van der Waals surface area contributed by atoms with Gasteiger partial charge in [0.15, 0.2) is 5.13 Å². The first kappa shape index (κ1) is 15.8. The highest BCUT2D eigenvalue weighted by Gasteiger charge is 2.22. The Balaban J connectivity index is 2.44. The van der Waals surface area contributed by atoms with Crippen molar-refractivity contribution in [3.05, 3.63) is 33.8 Å². The lowest BCUT2D eigenvalue weighted by Crippen LogP contribution is -2.15. The molecule has 5 nitrogen and oxygen atoms in total. The summed E-state index contributed by atoms with van der Waals surface area (Å²) in [7, 11) is -2.10. The minimum absolute atomic E-state index is 0.272. The number of thiazole rings is 1. The predicted octanol–water partition coefficient (Wildman–Crippen LogP) is 3.19. The lowest BCUT2D eigenvalue weighted by Gasteiger charge is -2.13. The van der Waals surface area contributed by atoms with Crippen molar-refractivity contribution >= 4 is 26.5 Å². The fraction of sp³-hybridized carbons (Fsp3) is 0.357. The number of sulfonamides is 1. The first-order chi connectivity index (χ1) is 9.74. The molecule has 0 amide bonds. The van der Waals surface area contributed by atoms with E-state index in [2.05, 4.69) is 9.71 Å².